The summed E-state index contributed by atoms with van der Waals surface area (Å²) >= 11 is 0. The maximum Gasteiger partial charge on any atom is 0.0970 e. The van der Waals surface area contributed by atoms with Crippen LogP contribution in [0.4, 0.5) is 0 Å². The van der Waals surface area contributed by atoms with Crippen LogP contribution in [0.1, 0.15) is 43.2 Å². The lowest BCUT2D eigenvalue weighted by Crippen LogP contribution is -2.23. The first-order valence-electron chi connectivity index (χ1n) is 7.19. The van der Waals surface area contributed by atoms with Crippen LogP contribution in [0.25, 0.3) is 0 Å². The van der Waals surface area contributed by atoms with Crippen molar-refractivity contribution in [3.05, 3.63) is 35.4 Å². The zero-order valence-corrected chi connectivity index (χ0v) is 11.2. The van der Waals surface area contributed by atoms with Crippen molar-refractivity contribution in [1.82, 2.24) is 5.32 Å². The number of nitrogens with zero attached hydrogens (tertiary/aromatic N) is 1. The van der Waals surface area contributed by atoms with Crippen LogP contribution in [0.3, 0.4) is 0 Å². The van der Waals surface area contributed by atoms with Crippen molar-refractivity contribution in [3.8, 4) is 0 Å². The predicted octanol–water partition coefficient (Wildman–Crippen LogP) is 3.13. The lowest BCUT2D eigenvalue weighted by Gasteiger charge is -2.23. The molecule has 1 aromatic rings. The van der Waals surface area contributed by atoms with Gasteiger partial charge >= 0.3 is 0 Å². The second-order valence-corrected chi connectivity index (χ2v) is 5.63. The van der Waals surface area contributed by atoms with Gasteiger partial charge in [0, 0.05) is 13.0 Å². The topological polar surface area (TPSA) is 24.4 Å². The van der Waals surface area contributed by atoms with E-state index in [1.54, 1.807) is 11.1 Å². The summed E-state index contributed by atoms with van der Waals surface area (Å²) in [5, 5.41) is 3.43. The Kier molecular flexibility index (Phi) is 3.35. The van der Waals surface area contributed by atoms with Crippen molar-refractivity contribution < 1.29 is 0 Å². The van der Waals surface area contributed by atoms with Crippen molar-refractivity contribution in [1.29, 1.82) is 0 Å². The van der Waals surface area contributed by atoms with E-state index in [4.69, 9.17) is 0 Å². The summed E-state index contributed by atoms with van der Waals surface area (Å²) in [4.78, 5) is 4.57. The van der Waals surface area contributed by atoms with Crippen molar-refractivity contribution in [3.63, 3.8) is 0 Å². The molecular weight excluding hydrogens is 220 g/mol. The number of rotatable bonds is 2. The largest absolute Gasteiger partial charge is 0.372 e. The summed E-state index contributed by atoms with van der Waals surface area (Å²) in [5.41, 5.74) is 3.13. The van der Waals surface area contributed by atoms with E-state index < -0.39 is 0 Å². The van der Waals surface area contributed by atoms with E-state index in [0.717, 1.165) is 25.4 Å². The molecule has 0 radical (unpaired) electrons. The standard InChI is InChI=1S/C16H22N2/c1-12-5-4-7-13-6-2-3-8-14(13)15(12)11-16-17-9-10-18-16/h2-3,6,8,12,15H,4-5,7,9-11H2,1H3,(H,17,18). The van der Waals surface area contributed by atoms with E-state index in [1.807, 2.05) is 0 Å². The number of aryl methyl sites for hydroxylation is 1. The fraction of sp³-hybridized carbons (Fsp3) is 0.562. The molecule has 0 bridgehead atoms. The second kappa shape index (κ2) is 5.13. The van der Waals surface area contributed by atoms with Crippen LogP contribution in [0.5, 0.6) is 0 Å². The van der Waals surface area contributed by atoms with Gasteiger partial charge in [0.1, 0.15) is 0 Å². The van der Waals surface area contributed by atoms with E-state index in [-0.39, 0.29) is 0 Å². The summed E-state index contributed by atoms with van der Waals surface area (Å²) in [6, 6.07) is 9.01. The minimum absolute atomic E-state index is 0.646. The average molecular weight is 242 g/mol. The number of hydrogen-bond acceptors (Lipinski definition) is 2. The number of amidine groups is 1. The van der Waals surface area contributed by atoms with Crippen molar-refractivity contribution in [2.75, 3.05) is 13.1 Å². The Labute approximate surface area is 110 Å². The second-order valence-electron chi connectivity index (χ2n) is 5.63. The molecule has 1 N–H and O–H groups in total. The van der Waals surface area contributed by atoms with E-state index in [9.17, 15) is 0 Å². The molecule has 1 aliphatic heterocycles. The first-order chi connectivity index (χ1) is 8.84. The molecule has 2 aliphatic rings. The van der Waals surface area contributed by atoms with E-state index in [1.165, 1.54) is 25.1 Å². The monoisotopic (exact) mass is 242 g/mol. The average Bonchev–Trinajstić information content (AvgIpc) is 2.84. The Balaban J connectivity index is 1.89. The van der Waals surface area contributed by atoms with Crippen molar-refractivity contribution >= 4 is 5.84 Å². The molecule has 1 aliphatic carbocycles. The lowest BCUT2D eigenvalue weighted by molar-refractivity contribution is 0.438. The van der Waals surface area contributed by atoms with Gasteiger partial charge in [0.15, 0.2) is 0 Å². The van der Waals surface area contributed by atoms with Crippen LogP contribution < -0.4 is 5.32 Å². The highest BCUT2D eigenvalue weighted by atomic mass is 15.1. The SMILES string of the molecule is CC1CCCc2ccccc2C1CC1=NCCN1. The first-order valence-corrected chi connectivity index (χ1v) is 7.19. The molecule has 2 atom stereocenters. The van der Waals surface area contributed by atoms with E-state index >= 15 is 0 Å². The Hall–Kier alpha value is -1.31. The summed E-state index contributed by atoms with van der Waals surface area (Å²) in [6.07, 6.45) is 5.01. The van der Waals surface area contributed by atoms with Gasteiger partial charge in [-0.2, -0.15) is 0 Å². The number of hydrogen-bond donors (Lipinski definition) is 1. The zero-order valence-electron chi connectivity index (χ0n) is 11.2. The molecule has 1 aromatic carbocycles. The number of fused-ring (bicyclic) bond motifs is 1. The molecule has 18 heavy (non-hydrogen) atoms. The van der Waals surface area contributed by atoms with Crippen LogP contribution in [0.2, 0.25) is 0 Å². The van der Waals surface area contributed by atoms with Gasteiger partial charge in [0.05, 0.1) is 12.4 Å². The lowest BCUT2D eigenvalue weighted by atomic mass is 9.82. The molecular formula is C16H22N2. The van der Waals surface area contributed by atoms with Gasteiger partial charge in [-0.3, -0.25) is 4.99 Å². The highest BCUT2D eigenvalue weighted by Gasteiger charge is 2.26. The summed E-state index contributed by atoms with van der Waals surface area (Å²) in [6.45, 7) is 4.39. The predicted molar refractivity (Wildman–Crippen MR) is 76.2 cm³/mol. The normalized spacial score (nSPS) is 27.1. The van der Waals surface area contributed by atoms with E-state index in [2.05, 4.69) is 41.5 Å². The molecule has 0 spiro atoms. The Bertz CT molecular complexity index is 450. The summed E-state index contributed by atoms with van der Waals surface area (Å²) in [7, 11) is 0. The van der Waals surface area contributed by atoms with Gasteiger partial charge < -0.3 is 5.32 Å². The molecule has 0 saturated heterocycles. The zero-order chi connectivity index (χ0) is 12.4. The fourth-order valence-electron chi connectivity index (χ4n) is 3.35. The van der Waals surface area contributed by atoms with Crippen LogP contribution in [0, 0.1) is 5.92 Å². The quantitative estimate of drug-likeness (QED) is 0.792. The van der Waals surface area contributed by atoms with Gasteiger partial charge in [-0.1, -0.05) is 31.2 Å². The molecule has 0 fully saturated rings. The minimum atomic E-state index is 0.646. The van der Waals surface area contributed by atoms with E-state index in [0.29, 0.717) is 5.92 Å². The number of nitrogens with one attached hydrogen (secondary N) is 1. The van der Waals surface area contributed by atoms with Gasteiger partial charge in [0.2, 0.25) is 0 Å². The third-order valence-electron chi connectivity index (χ3n) is 4.40. The minimum Gasteiger partial charge on any atom is -0.372 e. The molecule has 2 unspecified atom stereocenters. The van der Waals surface area contributed by atoms with Crippen LogP contribution in [-0.2, 0) is 6.42 Å². The number of aliphatic imine (C=N–C) groups is 1. The van der Waals surface area contributed by atoms with Gasteiger partial charge in [-0.05, 0) is 42.2 Å². The molecule has 2 heteroatoms. The van der Waals surface area contributed by atoms with Gasteiger partial charge in [-0.15, -0.1) is 0 Å². The van der Waals surface area contributed by atoms with Crippen LogP contribution in [0.15, 0.2) is 29.3 Å². The van der Waals surface area contributed by atoms with Crippen molar-refractivity contribution in [2.45, 2.75) is 38.5 Å². The number of benzene rings is 1. The maximum absolute atomic E-state index is 4.57. The third kappa shape index (κ3) is 2.29. The first kappa shape index (κ1) is 11.8. The van der Waals surface area contributed by atoms with Crippen LogP contribution in [-0.4, -0.2) is 18.9 Å². The smallest absolute Gasteiger partial charge is 0.0970 e. The maximum atomic E-state index is 4.57. The molecule has 2 nitrogen and oxygen atoms in total. The molecule has 3 rings (SSSR count). The van der Waals surface area contributed by atoms with Crippen molar-refractivity contribution in [2.24, 2.45) is 10.9 Å². The van der Waals surface area contributed by atoms with Gasteiger partial charge in [-0.25, -0.2) is 0 Å². The highest BCUT2D eigenvalue weighted by molar-refractivity contribution is 5.84. The van der Waals surface area contributed by atoms with Crippen LogP contribution >= 0.6 is 0 Å². The molecule has 1 heterocycles. The van der Waals surface area contributed by atoms with Gasteiger partial charge in [0.25, 0.3) is 0 Å². The Morgan fingerprint density at radius 2 is 2.22 bits per heavy atom. The highest BCUT2D eigenvalue weighted by Crippen LogP contribution is 2.37. The molecule has 0 aromatic heterocycles. The third-order valence-corrected chi connectivity index (χ3v) is 4.40. The Morgan fingerprint density at radius 1 is 1.33 bits per heavy atom. The Morgan fingerprint density at radius 3 is 3.06 bits per heavy atom. The molecule has 0 saturated carbocycles. The molecule has 0 amide bonds. The summed E-state index contributed by atoms with van der Waals surface area (Å²) < 4.78 is 0. The summed E-state index contributed by atoms with van der Waals surface area (Å²) in [5.74, 6) is 2.63. The molecule has 96 valence electrons. The fourth-order valence-corrected chi connectivity index (χ4v) is 3.35.